The molecule has 3 aromatic carbocycles. The molecule has 3 rings (SSSR count). The summed E-state index contributed by atoms with van der Waals surface area (Å²) in [6, 6.07) is 7.47. The molecule has 36 heavy (non-hydrogen) atoms. The molecule has 0 bridgehead atoms. The molecule has 0 aromatic heterocycles. The van der Waals surface area contributed by atoms with Gasteiger partial charge in [0.05, 0.1) is 9.79 Å². The highest BCUT2D eigenvalue weighted by molar-refractivity contribution is 7.91. The lowest BCUT2D eigenvalue weighted by atomic mass is 10.0. The van der Waals surface area contributed by atoms with Crippen molar-refractivity contribution in [2.75, 3.05) is 0 Å². The Hall–Kier alpha value is -4.14. The summed E-state index contributed by atoms with van der Waals surface area (Å²) in [5.74, 6) is -6.14. The van der Waals surface area contributed by atoms with Crippen LogP contribution in [0.25, 0.3) is 0 Å². The van der Waals surface area contributed by atoms with Gasteiger partial charge in [-0.25, -0.2) is 21.6 Å². The van der Waals surface area contributed by atoms with E-state index in [4.69, 9.17) is 21.4 Å². The standard InChI is InChI=1S/C22H19F3N4O6S/c23-12-4-6-13(7-5-12)35-19-16(24)9-14(10-17(19)25)36(33,34)20-11(8-18(28-31)22(27)30)2-1-3-15(20)21(26)29-32/h1-7,9-10,18,28,31-32H,8H2,(H2,26,29)(H2,27,30)/t18-/m1/s1. The van der Waals surface area contributed by atoms with Gasteiger partial charge in [0.1, 0.15) is 17.6 Å². The molecule has 7 N–H and O–H groups in total. The second kappa shape index (κ2) is 10.6. The lowest BCUT2D eigenvalue weighted by Gasteiger charge is -2.18. The van der Waals surface area contributed by atoms with Crippen LogP contribution in [-0.2, 0) is 21.1 Å². The van der Waals surface area contributed by atoms with Crippen molar-refractivity contribution in [3.63, 3.8) is 0 Å². The van der Waals surface area contributed by atoms with Gasteiger partial charge in [-0.05, 0) is 48.0 Å². The third-order valence-electron chi connectivity index (χ3n) is 4.99. The summed E-state index contributed by atoms with van der Waals surface area (Å²) in [4.78, 5) is 10.1. The maximum atomic E-state index is 14.8. The van der Waals surface area contributed by atoms with Gasteiger partial charge < -0.3 is 26.6 Å². The molecule has 0 aliphatic heterocycles. The quantitative estimate of drug-likeness (QED) is 0.122. The fourth-order valence-corrected chi connectivity index (χ4v) is 4.99. The Morgan fingerprint density at radius 2 is 1.67 bits per heavy atom. The predicted molar refractivity (Wildman–Crippen MR) is 119 cm³/mol. The number of carbonyl (C=O) groups is 1. The number of primary amides is 1. The summed E-state index contributed by atoms with van der Waals surface area (Å²) < 4.78 is 74.9. The first-order valence-corrected chi connectivity index (χ1v) is 11.4. The largest absolute Gasteiger partial charge is 0.451 e. The Bertz CT molecular complexity index is 1410. The Labute approximate surface area is 202 Å². The van der Waals surface area contributed by atoms with Gasteiger partial charge in [0.25, 0.3) is 0 Å². The van der Waals surface area contributed by atoms with Gasteiger partial charge in [0, 0.05) is 12.0 Å². The molecule has 0 radical (unpaired) electrons. The second-order valence-electron chi connectivity index (χ2n) is 7.34. The minimum absolute atomic E-state index is 0.113. The number of nitrogens with one attached hydrogen (secondary N) is 1. The zero-order chi connectivity index (χ0) is 26.6. The predicted octanol–water partition coefficient (Wildman–Crippen LogP) is 2.20. The van der Waals surface area contributed by atoms with Crippen molar-refractivity contribution >= 4 is 21.6 Å². The van der Waals surface area contributed by atoms with Gasteiger partial charge in [0.2, 0.25) is 15.7 Å². The van der Waals surface area contributed by atoms with Crippen LogP contribution in [0, 0.1) is 17.5 Å². The van der Waals surface area contributed by atoms with Gasteiger partial charge in [-0.15, -0.1) is 0 Å². The van der Waals surface area contributed by atoms with Crippen molar-refractivity contribution in [3.05, 3.63) is 83.2 Å². The molecule has 190 valence electrons. The average molecular weight is 524 g/mol. The summed E-state index contributed by atoms with van der Waals surface area (Å²) in [7, 11) is -4.79. The highest BCUT2D eigenvalue weighted by Crippen LogP contribution is 2.34. The number of amides is 1. The molecule has 0 saturated carbocycles. The Morgan fingerprint density at radius 3 is 2.19 bits per heavy atom. The van der Waals surface area contributed by atoms with Crippen LogP contribution in [0.3, 0.4) is 0 Å². The average Bonchev–Trinajstić information content (AvgIpc) is 2.84. The first-order chi connectivity index (χ1) is 17.0. The number of hydroxylamine groups is 1. The van der Waals surface area contributed by atoms with Crippen LogP contribution in [0.2, 0.25) is 0 Å². The van der Waals surface area contributed by atoms with Gasteiger partial charge in [0.15, 0.2) is 23.2 Å². The van der Waals surface area contributed by atoms with E-state index in [-0.39, 0.29) is 16.9 Å². The maximum absolute atomic E-state index is 14.8. The van der Waals surface area contributed by atoms with Crippen LogP contribution in [0.4, 0.5) is 13.2 Å². The molecule has 0 unspecified atom stereocenters. The van der Waals surface area contributed by atoms with E-state index in [1.165, 1.54) is 12.1 Å². The summed E-state index contributed by atoms with van der Waals surface area (Å²) in [5, 5.41) is 21.1. The number of hydrogen-bond acceptors (Lipinski definition) is 8. The van der Waals surface area contributed by atoms with E-state index in [1.54, 1.807) is 5.48 Å². The van der Waals surface area contributed by atoms with E-state index in [0.717, 1.165) is 30.3 Å². The third-order valence-corrected chi connectivity index (χ3v) is 6.86. The molecule has 10 nitrogen and oxygen atoms in total. The molecule has 1 atom stereocenters. The Kier molecular flexibility index (Phi) is 7.82. The first-order valence-electron chi connectivity index (χ1n) is 9.95. The Balaban J connectivity index is 2.16. The summed E-state index contributed by atoms with van der Waals surface area (Å²) >= 11 is 0. The number of sulfone groups is 1. The first kappa shape index (κ1) is 26.5. The van der Waals surface area contributed by atoms with E-state index in [1.807, 2.05) is 0 Å². The zero-order valence-electron chi connectivity index (χ0n) is 18.2. The van der Waals surface area contributed by atoms with Crippen molar-refractivity contribution in [2.45, 2.75) is 22.3 Å². The number of carbonyl (C=O) groups excluding carboxylic acids is 1. The molecule has 3 aromatic rings. The van der Waals surface area contributed by atoms with E-state index in [0.29, 0.717) is 12.1 Å². The van der Waals surface area contributed by atoms with Crippen LogP contribution in [0.15, 0.2) is 69.5 Å². The lowest BCUT2D eigenvalue weighted by molar-refractivity contribution is -0.122. The van der Waals surface area contributed by atoms with Crippen LogP contribution in [-0.4, -0.2) is 36.6 Å². The summed E-state index contributed by atoms with van der Waals surface area (Å²) in [5.41, 5.74) is 12.0. The molecular formula is C22H19F3N4O6S. The molecule has 0 fully saturated rings. The normalized spacial score (nSPS) is 12.8. The number of rotatable bonds is 9. The van der Waals surface area contributed by atoms with Crippen molar-refractivity contribution in [1.82, 2.24) is 5.48 Å². The van der Waals surface area contributed by atoms with E-state index in [9.17, 15) is 31.6 Å². The number of ether oxygens (including phenoxy) is 1. The monoisotopic (exact) mass is 524 g/mol. The minimum Gasteiger partial charge on any atom is -0.451 e. The van der Waals surface area contributed by atoms with Gasteiger partial charge in [-0.2, -0.15) is 5.48 Å². The molecule has 0 saturated heterocycles. The summed E-state index contributed by atoms with van der Waals surface area (Å²) in [6.07, 6.45) is -0.482. The number of hydrogen-bond donors (Lipinski definition) is 5. The fourth-order valence-electron chi connectivity index (χ4n) is 3.28. The molecule has 0 aliphatic carbocycles. The molecule has 0 heterocycles. The lowest BCUT2D eigenvalue weighted by Crippen LogP contribution is -2.41. The van der Waals surface area contributed by atoms with Crippen LogP contribution in [0.5, 0.6) is 11.5 Å². The van der Waals surface area contributed by atoms with Crippen LogP contribution >= 0.6 is 0 Å². The van der Waals surface area contributed by atoms with Gasteiger partial charge in [-0.1, -0.05) is 17.3 Å². The maximum Gasteiger partial charge on any atom is 0.237 e. The van der Waals surface area contributed by atoms with E-state index >= 15 is 0 Å². The fraction of sp³-hybridized carbons (Fsp3) is 0.0909. The van der Waals surface area contributed by atoms with Crippen LogP contribution < -0.4 is 21.7 Å². The van der Waals surface area contributed by atoms with Crippen molar-refractivity contribution in [1.29, 1.82) is 0 Å². The zero-order valence-corrected chi connectivity index (χ0v) is 19.0. The molecule has 1 amide bonds. The molecule has 0 aliphatic rings. The number of oxime groups is 1. The molecule has 0 spiro atoms. The second-order valence-corrected chi connectivity index (χ2v) is 9.23. The summed E-state index contributed by atoms with van der Waals surface area (Å²) in [6.45, 7) is 0. The Morgan fingerprint density at radius 1 is 1.06 bits per heavy atom. The third kappa shape index (κ3) is 5.40. The molecular weight excluding hydrogens is 505 g/mol. The van der Waals surface area contributed by atoms with Crippen molar-refractivity contribution in [2.24, 2.45) is 16.6 Å². The smallest absolute Gasteiger partial charge is 0.237 e. The molecule has 14 heteroatoms. The highest BCUT2D eigenvalue weighted by Gasteiger charge is 2.30. The van der Waals surface area contributed by atoms with Crippen molar-refractivity contribution in [3.8, 4) is 11.5 Å². The number of nitrogens with zero attached hydrogens (tertiary/aromatic N) is 1. The van der Waals surface area contributed by atoms with E-state index in [2.05, 4.69) is 5.16 Å². The SMILES string of the molecule is NC(=O)[C@@H](Cc1cccc(C(N)=NO)c1S(=O)(=O)c1cc(F)c(Oc2ccc(F)cc2)c(F)c1)NO. The van der Waals surface area contributed by atoms with E-state index < -0.39 is 67.0 Å². The highest BCUT2D eigenvalue weighted by atomic mass is 32.2. The number of amidine groups is 1. The van der Waals surface area contributed by atoms with Gasteiger partial charge in [-0.3, -0.25) is 4.79 Å². The van der Waals surface area contributed by atoms with Crippen molar-refractivity contribution < 1.29 is 41.5 Å². The minimum atomic E-state index is -4.79. The number of halogens is 3. The topological polar surface area (TPSA) is 177 Å². The van der Waals surface area contributed by atoms with Crippen LogP contribution in [0.1, 0.15) is 11.1 Å². The number of nitrogens with two attached hydrogens (primary N) is 2. The van der Waals surface area contributed by atoms with Gasteiger partial charge >= 0.3 is 0 Å². The number of benzene rings is 3.